The van der Waals surface area contributed by atoms with Crippen LogP contribution in [0.1, 0.15) is 24.8 Å². The summed E-state index contributed by atoms with van der Waals surface area (Å²) in [7, 11) is 0. The second-order valence-electron chi connectivity index (χ2n) is 7.36. The smallest absolute Gasteiger partial charge is 0.263 e. The molecule has 144 valence electrons. The van der Waals surface area contributed by atoms with E-state index in [-0.39, 0.29) is 10.9 Å². The lowest BCUT2D eigenvalue weighted by atomic mass is 9.71. The summed E-state index contributed by atoms with van der Waals surface area (Å²) in [6.07, 6.45) is 6.02. The lowest BCUT2D eigenvalue weighted by Gasteiger charge is -2.44. The Balaban J connectivity index is 1.79. The Morgan fingerprint density at radius 1 is 1.03 bits per heavy atom. The zero-order chi connectivity index (χ0) is 19.8. The molecule has 0 radical (unpaired) electrons. The fraction of sp³-hybridized carbons (Fsp3) is 0.174. The Bertz CT molecular complexity index is 1230. The van der Waals surface area contributed by atoms with Gasteiger partial charge in [0.2, 0.25) is 5.95 Å². The molecule has 5 nitrogen and oxygen atoms in total. The van der Waals surface area contributed by atoms with E-state index in [1.165, 1.54) is 12.1 Å². The predicted octanol–water partition coefficient (Wildman–Crippen LogP) is 4.60. The summed E-state index contributed by atoms with van der Waals surface area (Å²) in [5, 5.41) is 3.54. The number of halogens is 1. The van der Waals surface area contributed by atoms with Crippen LogP contribution in [0, 0.1) is 5.82 Å². The molecule has 0 atom stereocenters. The molecule has 1 saturated carbocycles. The lowest BCUT2D eigenvalue weighted by molar-refractivity contribution is 0.193. The zero-order valence-electron chi connectivity index (χ0n) is 15.7. The van der Waals surface area contributed by atoms with Crippen LogP contribution >= 0.6 is 0 Å². The first kappa shape index (κ1) is 17.6. The van der Waals surface area contributed by atoms with Crippen molar-refractivity contribution in [2.24, 2.45) is 0 Å². The van der Waals surface area contributed by atoms with Gasteiger partial charge < -0.3 is 5.32 Å². The van der Waals surface area contributed by atoms with Crippen molar-refractivity contribution >= 4 is 22.5 Å². The van der Waals surface area contributed by atoms with Crippen LogP contribution in [-0.4, -0.2) is 14.5 Å². The van der Waals surface area contributed by atoms with Gasteiger partial charge in [0.15, 0.2) is 0 Å². The van der Waals surface area contributed by atoms with Crippen LogP contribution in [0.2, 0.25) is 0 Å². The van der Waals surface area contributed by atoms with Crippen LogP contribution in [0.25, 0.3) is 10.9 Å². The second kappa shape index (κ2) is 6.81. The number of rotatable bonds is 4. The molecule has 1 aliphatic carbocycles. The quantitative estimate of drug-likeness (QED) is 0.557. The van der Waals surface area contributed by atoms with Gasteiger partial charge in [0.25, 0.3) is 5.56 Å². The first-order valence-electron chi connectivity index (χ1n) is 9.63. The number of pyridine rings is 1. The van der Waals surface area contributed by atoms with Crippen molar-refractivity contribution in [2.75, 3.05) is 5.32 Å². The Labute approximate surface area is 166 Å². The Morgan fingerprint density at radius 2 is 1.86 bits per heavy atom. The van der Waals surface area contributed by atoms with E-state index in [4.69, 9.17) is 4.98 Å². The summed E-state index contributed by atoms with van der Waals surface area (Å²) in [6.45, 7) is 0. The van der Waals surface area contributed by atoms with E-state index < -0.39 is 11.4 Å². The van der Waals surface area contributed by atoms with Gasteiger partial charge in [0.1, 0.15) is 5.82 Å². The summed E-state index contributed by atoms with van der Waals surface area (Å²) in [4.78, 5) is 22.4. The average Bonchev–Trinajstić information content (AvgIpc) is 2.72. The van der Waals surface area contributed by atoms with Gasteiger partial charge in [0, 0.05) is 6.20 Å². The number of hydrogen-bond donors (Lipinski definition) is 1. The van der Waals surface area contributed by atoms with E-state index in [1.807, 2.05) is 42.5 Å². The van der Waals surface area contributed by atoms with Gasteiger partial charge >= 0.3 is 0 Å². The van der Waals surface area contributed by atoms with Crippen molar-refractivity contribution in [3.05, 3.63) is 94.8 Å². The molecule has 0 aliphatic heterocycles. The summed E-state index contributed by atoms with van der Waals surface area (Å²) < 4.78 is 15.6. The highest BCUT2D eigenvalue weighted by atomic mass is 19.1. The molecule has 0 unspecified atom stereocenters. The minimum Gasteiger partial charge on any atom is -0.324 e. The molecule has 2 heterocycles. The van der Waals surface area contributed by atoms with Crippen LogP contribution in [0.5, 0.6) is 0 Å². The molecule has 2 aromatic heterocycles. The molecule has 1 aliphatic rings. The van der Waals surface area contributed by atoms with Crippen LogP contribution in [0.15, 0.2) is 77.9 Å². The molecule has 0 amide bonds. The number of anilines is 2. The van der Waals surface area contributed by atoms with Crippen molar-refractivity contribution in [1.82, 2.24) is 14.5 Å². The van der Waals surface area contributed by atoms with Crippen molar-refractivity contribution in [2.45, 2.75) is 24.8 Å². The zero-order valence-corrected chi connectivity index (χ0v) is 15.7. The van der Waals surface area contributed by atoms with Crippen molar-refractivity contribution < 1.29 is 4.39 Å². The van der Waals surface area contributed by atoms with Crippen LogP contribution < -0.4 is 10.9 Å². The standard InChI is InChI=1S/C23H19FN4O/c24-17-9-10-20-19(14-17)21(29)28(22(27-20)26-18-8-4-13-25-15-18)23(11-5-12-23)16-6-2-1-3-7-16/h1-4,6-10,13-15H,5,11-12H2,(H,26,27). The van der Waals surface area contributed by atoms with Crippen LogP contribution in [0.3, 0.4) is 0 Å². The fourth-order valence-corrected chi connectivity index (χ4v) is 4.11. The van der Waals surface area contributed by atoms with Crippen molar-refractivity contribution in [3.63, 3.8) is 0 Å². The van der Waals surface area contributed by atoms with Gasteiger partial charge in [-0.15, -0.1) is 0 Å². The number of hydrogen-bond acceptors (Lipinski definition) is 4. The summed E-state index contributed by atoms with van der Waals surface area (Å²) in [5.74, 6) is -0.0102. The lowest BCUT2D eigenvalue weighted by Crippen LogP contribution is -2.48. The van der Waals surface area contributed by atoms with Gasteiger partial charge in [-0.1, -0.05) is 30.3 Å². The first-order chi connectivity index (χ1) is 14.2. The Morgan fingerprint density at radius 3 is 2.55 bits per heavy atom. The number of benzene rings is 2. The normalized spacial score (nSPS) is 15.1. The highest BCUT2D eigenvalue weighted by Gasteiger charge is 2.43. The fourth-order valence-electron chi connectivity index (χ4n) is 4.11. The maximum absolute atomic E-state index is 13.9. The highest BCUT2D eigenvalue weighted by molar-refractivity contribution is 5.79. The molecule has 6 heteroatoms. The average molecular weight is 386 g/mol. The minimum atomic E-state index is -0.504. The molecule has 2 aromatic carbocycles. The number of nitrogens with one attached hydrogen (secondary N) is 1. The summed E-state index contributed by atoms with van der Waals surface area (Å²) in [5.41, 5.74) is 1.50. The Hall–Kier alpha value is -3.54. The molecule has 4 aromatic rings. The molecule has 1 N–H and O–H groups in total. The van der Waals surface area contributed by atoms with E-state index in [1.54, 1.807) is 23.0 Å². The molecule has 0 bridgehead atoms. The monoisotopic (exact) mass is 386 g/mol. The Kier molecular flexibility index (Phi) is 4.12. The van der Waals surface area contributed by atoms with Gasteiger partial charge in [-0.3, -0.25) is 14.3 Å². The van der Waals surface area contributed by atoms with Crippen molar-refractivity contribution in [3.8, 4) is 0 Å². The van der Waals surface area contributed by atoms with Crippen LogP contribution in [-0.2, 0) is 5.54 Å². The van der Waals surface area contributed by atoms with E-state index >= 15 is 0 Å². The van der Waals surface area contributed by atoms with Gasteiger partial charge in [0.05, 0.1) is 28.3 Å². The molecular formula is C23H19FN4O. The van der Waals surface area contributed by atoms with Gasteiger partial charge in [-0.25, -0.2) is 9.37 Å². The molecular weight excluding hydrogens is 367 g/mol. The third-order valence-corrected chi connectivity index (χ3v) is 5.67. The van der Waals surface area contributed by atoms with Gasteiger partial charge in [-0.2, -0.15) is 0 Å². The molecule has 0 saturated heterocycles. The maximum Gasteiger partial charge on any atom is 0.263 e. The van der Waals surface area contributed by atoms with E-state index in [0.717, 1.165) is 30.5 Å². The number of aromatic nitrogens is 3. The summed E-state index contributed by atoms with van der Waals surface area (Å²) >= 11 is 0. The maximum atomic E-state index is 13.9. The largest absolute Gasteiger partial charge is 0.324 e. The predicted molar refractivity (Wildman–Crippen MR) is 111 cm³/mol. The molecule has 1 fully saturated rings. The SMILES string of the molecule is O=c1c2cc(F)ccc2nc(Nc2cccnc2)n1C1(c2ccccc2)CCC1. The minimum absolute atomic E-state index is 0.246. The summed E-state index contributed by atoms with van der Waals surface area (Å²) in [6, 6.07) is 17.8. The molecule has 29 heavy (non-hydrogen) atoms. The topological polar surface area (TPSA) is 59.8 Å². The van der Waals surface area contributed by atoms with Crippen LogP contribution in [0.4, 0.5) is 16.0 Å². The molecule has 0 spiro atoms. The van der Waals surface area contributed by atoms with E-state index in [0.29, 0.717) is 11.5 Å². The van der Waals surface area contributed by atoms with Crippen molar-refractivity contribution in [1.29, 1.82) is 0 Å². The van der Waals surface area contributed by atoms with Gasteiger partial charge in [-0.05, 0) is 55.2 Å². The first-order valence-corrected chi connectivity index (χ1v) is 9.63. The third-order valence-electron chi connectivity index (χ3n) is 5.67. The molecule has 5 rings (SSSR count). The number of fused-ring (bicyclic) bond motifs is 1. The third kappa shape index (κ3) is 2.88. The van der Waals surface area contributed by atoms with E-state index in [2.05, 4.69) is 10.3 Å². The second-order valence-corrected chi connectivity index (χ2v) is 7.36. The number of nitrogens with zero attached hydrogens (tertiary/aromatic N) is 3. The van der Waals surface area contributed by atoms with E-state index in [9.17, 15) is 9.18 Å². The highest BCUT2D eigenvalue weighted by Crippen LogP contribution is 2.45.